The van der Waals surface area contributed by atoms with Crippen molar-refractivity contribution in [1.29, 1.82) is 0 Å². The van der Waals surface area contributed by atoms with Gasteiger partial charge in [0.05, 0.1) is 12.1 Å². The van der Waals surface area contributed by atoms with E-state index in [4.69, 9.17) is 21.1 Å². The number of carbonyl (C=O) groups is 2. The Morgan fingerprint density at radius 2 is 2.09 bits per heavy atom. The van der Waals surface area contributed by atoms with Crippen LogP contribution in [-0.2, 0) is 16.0 Å². The van der Waals surface area contributed by atoms with Crippen LogP contribution < -0.4 is 14.8 Å². The molecule has 7 nitrogen and oxygen atoms in total. The van der Waals surface area contributed by atoms with Crippen molar-refractivity contribution in [3.8, 4) is 11.5 Å². The largest absolute Gasteiger partial charge is 0.496 e. The van der Waals surface area contributed by atoms with E-state index in [1.54, 1.807) is 24.1 Å². The van der Waals surface area contributed by atoms with Crippen LogP contribution in [0.3, 0.4) is 0 Å². The molecule has 0 radical (unpaired) electrons. The van der Waals surface area contributed by atoms with Gasteiger partial charge in [0.25, 0.3) is 5.91 Å². The molecule has 0 bridgehead atoms. The Balaban J connectivity index is 1.38. The summed E-state index contributed by atoms with van der Waals surface area (Å²) in [6.45, 7) is 0.366. The predicted octanol–water partition coefficient (Wildman–Crippen LogP) is 4.75. The number of carbonyl (C=O) groups excluding carboxylic acids is 2. The molecule has 1 saturated carbocycles. The first kappa shape index (κ1) is 22.7. The molecule has 1 fully saturated rings. The van der Waals surface area contributed by atoms with Gasteiger partial charge < -0.3 is 19.7 Å². The van der Waals surface area contributed by atoms with Gasteiger partial charge in [0.1, 0.15) is 23.4 Å². The van der Waals surface area contributed by atoms with Gasteiger partial charge in [0, 0.05) is 30.3 Å². The molecule has 178 valence electrons. The number of hydrogen-bond acceptors (Lipinski definition) is 5. The van der Waals surface area contributed by atoms with E-state index < -0.39 is 6.04 Å². The van der Waals surface area contributed by atoms with Gasteiger partial charge in [-0.25, -0.2) is 4.98 Å². The first-order valence-electron chi connectivity index (χ1n) is 11.8. The highest BCUT2D eigenvalue weighted by atomic mass is 35.5. The van der Waals surface area contributed by atoms with E-state index >= 15 is 0 Å². The maximum atomic E-state index is 13.5. The van der Waals surface area contributed by atoms with Crippen LogP contribution in [0.4, 0.5) is 5.82 Å². The van der Waals surface area contributed by atoms with Gasteiger partial charge in [-0.05, 0) is 36.6 Å². The molecular weight excluding hydrogens is 454 g/mol. The third kappa shape index (κ3) is 4.49. The fourth-order valence-corrected chi connectivity index (χ4v) is 5.35. The van der Waals surface area contributed by atoms with Crippen molar-refractivity contribution in [2.45, 2.75) is 51.0 Å². The number of methoxy groups -OCH3 is 1. The van der Waals surface area contributed by atoms with Crippen molar-refractivity contribution in [2.24, 2.45) is 5.92 Å². The molecule has 2 aliphatic heterocycles. The average molecular weight is 482 g/mol. The Labute approximate surface area is 204 Å². The molecule has 1 aliphatic carbocycles. The van der Waals surface area contributed by atoms with Crippen LogP contribution in [-0.4, -0.2) is 41.4 Å². The Morgan fingerprint density at radius 3 is 2.82 bits per heavy atom. The number of benzene rings is 1. The first-order chi connectivity index (χ1) is 16.5. The molecule has 0 saturated heterocycles. The second kappa shape index (κ2) is 9.66. The van der Waals surface area contributed by atoms with E-state index in [0.717, 1.165) is 29.7 Å². The number of halogens is 1. The number of hydrogen-bond donors (Lipinski definition) is 1. The lowest BCUT2D eigenvalue weighted by molar-refractivity contribution is -0.135. The fraction of sp³-hybridized carbons (Fsp3) is 0.423. The van der Waals surface area contributed by atoms with Crippen molar-refractivity contribution < 1.29 is 19.1 Å². The Bertz CT molecular complexity index is 1130. The van der Waals surface area contributed by atoms with Crippen LogP contribution in [0.5, 0.6) is 11.5 Å². The van der Waals surface area contributed by atoms with Crippen molar-refractivity contribution >= 4 is 29.2 Å². The van der Waals surface area contributed by atoms with E-state index in [-0.39, 0.29) is 11.8 Å². The van der Waals surface area contributed by atoms with Gasteiger partial charge in [-0.15, -0.1) is 0 Å². The highest BCUT2D eigenvalue weighted by Gasteiger charge is 2.42. The van der Waals surface area contributed by atoms with E-state index in [2.05, 4.69) is 10.3 Å². The van der Waals surface area contributed by atoms with Crippen molar-refractivity contribution in [3.63, 3.8) is 0 Å². The average Bonchev–Trinajstić information content (AvgIpc) is 3.17. The smallest absolute Gasteiger partial charge is 0.290 e. The Morgan fingerprint density at radius 1 is 1.26 bits per heavy atom. The molecule has 2 aromatic rings. The van der Waals surface area contributed by atoms with Crippen molar-refractivity contribution in [1.82, 2.24) is 9.88 Å². The number of rotatable bonds is 6. The molecule has 1 aromatic carbocycles. The van der Waals surface area contributed by atoms with Crippen LogP contribution in [0.2, 0.25) is 5.02 Å². The van der Waals surface area contributed by atoms with Gasteiger partial charge in [0.15, 0.2) is 5.76 Å². The normalized spacial score (nSPS) is 18.8. The maximum absolute atomic E-state index is 13.5. The quantitative estimate of drug-likeness (QED) is 0.643. The molecular formula is C26H28ClN3O4. The second-order valence-corrected chi connectivity index (χ2v) is 9.62. The van der Waals surface area contributed by atoms with Crippen molar-refractivity contribution in [2.75, 3.05) is 19.0 Å². The van der Waals surface area contributed by atoms with E-state index in [0.29, 0.717) is 47.7 Å². The zero-order valence-electron chi connectivity index (χ0n) is 19.2. The molecule has 34 heavy (non-hydrogen) atoms. The minimum atomic E-state index is -0.604. The maximum Gasteiger partial charge on any atom is 0.290 e. The molecule has 0 unspecified atom stereocenters. The van der Waals surface area contributed by atoms with Crippen LogP contribution in [0.1, 0.15) is 44.1 Å². The predicted molar refractivity (Wildman–Crippen MR) is 129 cm³/mol. The lowest BCUT2D eigenvalue weighted by Gasteiger charge is -2.31. The summed E-state index contributed by atoms with van der Waals surface area (Å²) in [6, 6.07) is 8.32. The minimum Gasteiger partial charge on any atom is -0.496 e. The monoisotopic (exact) mass is 481 g/mol. The summed E-state index contributed by atoms with van der Waals surface area (Å²) in [5, 5.41) is 3.39. The third-order valence-corrected chi connectivity index (χ3v) is 7.21. The minimum absolute atomic E-state index is 0.233. The fourth-order valence-electron chi connectivity index (χ4n) is 5.24. The molecule has 3 heterocycles. The van der Waals surface area contributed by atoms with E-state index in [1.807, 2.05) is 18.2 Å². The summed E-state index contributed by atoms with van der Waals surface area (Å²) < 4.78 is 11.5. The summed E-state index contributed by atoms with van der Waals surface area (Å²) in [5.41, 5.74) is 1.81. The number of aromatic nitrogens is 1. The summed E-state index contributed by atoms with van der Waals surface area (Å²) >= 11 is 5.94. The number of nitrogens with zero attached hydrogens (tertiary/aromatic N) is 2. The summed E-state index contributed by atoms with van der Waals surface area (Å²) in [7, 11) is 1.63. The number of nitrogens with one attached hydrogen (secondary N) is 1. The second-order valence-electron chi connectivity index (χ2n) is 9.19. The number of amides is 2. The third-order valence-electron chi connectivity index (χ3n) is 6.99. The van der Waals surface area contributed by atoms with E-state index in [9.17, 15) is 9.59 Å². The van der Waals surface area contributed by atoms with Gasteiger partial charge in [-0.1, -0.05) is 49.8 Å². The first-order valence-corrected chi connectivity index (χ1v) is 12.2. The van der Waals surface area contributed by atoms with Crippen molar-refractivity contribution in [3.05, 3.63) is 58.4 Å². The molecule has 8 heteroatoms. The topological polar surface area (TPSA) is 80.8 Å². The van der Waals surface area contributed by atoms with Crippen LogP contribution >= 0.6 is 11.6 Å². The lowest BCUT2D eigenvalue weighted by Crippen LogP contribution is -2.47. The Kier molecular flexibility index (Phi) is 6.46. The number of anilines is 1. The molecule has 1 atom stereocenters. The highest BCUT2D eigenvalue weighted by molar-refractivity contribution is 6.30. The van der Waals surface area contributed by atoms with Gasteiger partial charge >= 0.3 is 0 Å². The summed E-state index contributed by atoms with van der Waals surface area (Å²) in [5.74, 6) is 2.07. The molecule has 1 aromatic heterocycles. The standard InChI is InChI=1S/C26H28ClN3O4/c1-33-21-8-5-9-22-19(21)13-17-15-30(26(32)24(17)34-22)20(12-16-6-3-2-4-7-16)25(31)29-23-11-10-18(27)14-28-23/h5,8-11,14,16,20H,2-4,6-7,12-13,15H2,1H3,(H,28,29,31)/t20-/m0/s1. The zero-order valence-corrected chi connectivity index (χ0v) is 19.9. The van der Waals surface area contributed by atoms with Gasteiger partial charge in [0.2, 0.25) is 5.91 Å². The SMILES string of the molecule is COc1cccc2c1CC1=C(O2)C(=O)N([C@@H](CC2CCCCC2)C(=O)Nc2ccc(Cl)cn2)C1. The zero-order chi connectivity index (χ0) is 23.7. The number of fused-ring (bicyclic) bond motifs is 1. The highest BCUT2D eigenvalue weighted by Crippen LogP contribution is 2.40. The van der Waals surface area contributed by atoms with Gasteiger partial charge in [-0.2, -0.15) is 0 Å². The molecule has 1 N–H and O–H groups in total. The molecule has 3 aliphatic rings. The summed E-state index contributed by atoms with van der Waals surface area (Å²) in [6.07, 6.45) is 8.41. The van der Waals surface area contributed by atoms with E-state index in [1.165, 1.54) is 25.5 Å². The molecule has 0 spiro atoms. The van der Waals surface area contributed by atoms with Crippen LogP contribution in [0.15, 0.2) is 47.9 Å². The van der Waals surface area contributed by atoms with Crippen LogP contribution in [0, 0.1) is 5.92 Å². The van der Waals surface area contributed by atoms with Crippen LogP contribution in [0.25, 0.3) is 0 Å². The lowest BCUT2D eigenvalue weighted by atomic mass is 9.84. The molecule has 5 rings (SSSR count). The summed E-state index contributed by atoms with van der Waals surface area (Å²) in [4.78, 5) is 32.8. The number of pyridine rings is 1. The Hall–Kier alpha value is -3.06. The van der Waals surface area contributed by atoms with Gasteiger partial charge in [-0.3, -0.25) is 9.59 Å². The molecule has 2 amide bonds. The number of ether oxygens (including phenoxy) is 2.